The molecule has 5 nitrogen and oxygen atoms in total. The third-order valence-electron chi connectivity index (χ3n) is 4.37. The molecule has 2 aromatic rings. The summed E-state index contributed by atoms with van der Waals surface area (Å²) in [4.78, 5) is 16.9. The van der Waals surface area contributed by atoms with Crippen LogP contribution in [0.1, 0.15) is 29.3 Å². The molecule has 3 N–H and O–H groups in total. The zero-order chi connectivity index (χ0) is 18.7. The fourth-order valence-electron chi connectivity index (χ4n) is 2.82. The van der Waals surface area contributed by atoms with Gasteiger partial charge in [-0.3, -0.25) is 9.79 Å². The van der Waals surface area contributed by atoms with Crippen molar-refractivity contribution in [3.63, 3.8) is 0 Å². The van der Waals surface area contributed by atoms with E-state index in [1.54, 1.807) is 30.0 Å². The molecule has 0 spiro atoms. The summed E-state index contributed by atoms with van der Waals surface area (Å²) in [5.74, 6) is 0.204. The van der Waals surface area contributed by atoms with Crippen LogP contribution in [0.25, 0.3) is 0 Å². The number of nitrogens with two attached hydrogens (primary N) is 1. The lowest BCUT2D eigenvalue weighted by Gasteiger charge is -2.29. The number of methoxy groups -OCH3 is 1. The molecule has 3 rings (SSSR count). The smallest absolute Gasteiger partial charge is 0.255 e. The largest absolute Gasteiger partial charge is 0.494 e. The number of ether oxygens (including phenoxy) is 1. The zero-order valence-corrected chi connectivity index (χ0v) is 15.4. The van der Waals surface area contributed by atoms with Crippen molar-refractivity contribution >= 4 is 28.5 Å². The van der Waals surface area contributed by atoms with Gasteiger partial charge in [-0.2, -0.15) is 0 Å². The molecule has 2 aromatic carbocycles. The van der Waals surface area contributed by atoms with Crippen molar-refractivity contribution in [3.05, 3.63) is 59.4 Å². The molecule has 136 valence electrons. The van der Waals surface area contributed by atoms with Gasteiger partial charge in [0.2, 0.25) is 0 Å². The van der Waals surface area contributed by atoms with Crippen LogP contribution in [0.15, 0.2) is 47.5 Å². The van der Waals surface area contributed by atoms with Crippen LogP contribution in [0.3, 0.4) is 0 Å². The van der Waals surface area contributed by atoms with Gasteiger partial charge >= 0.3 is 0 Å². The lowest BCUT2D eigenvalue weighted by atomic mass is 9.89. The zero-order valence-electron chi connectivity index (χ0n) is 14.6. The van der Waals surface area contributed by atoms with Crippen molar-refractivity contribution in [2.24, 2.45) is 10.7 Å². The van der Waals surface area contributed by atoms with Gasteiger partial charge in [0.25, 0.3) is 5.91 Å². The summed E-state index contributed by atoms with van der Waals surface area (Å²) in [6.07, 6.45) is 0.884. The van der Waals surface area contributed by atoms with E-state index >= 15 is 0 Å². The van der Waals surface area contributed by atoms with Gasteiger partial charge in [0.15, 0.2) is 16.7 Å². The quantitative estimate of drug-likeness (QED) is 0.856. The molecule has 26 heavy (non-hydrogen) atoms. The number of benzene rings is 2. The highest BCUT2D eigenvalue weighted by atomic mass is 32.2. The van der Waals surface area contributed by atoms with Gasteiger partial charge < -0.3 is 15.8 Å². The summed E-state index contributed by atoms with van der Waals surface area (Å²) in [7, 11) is 1.39. The molecule has 1 atom stereocenters. The maximum atomic E-state index is 13.7. The van der Waals surface area contributed by atoms with Crippen molar-refractivity contribution < 1.29 is 13.9 Å². The Morgan fingerprint density at radius 2 is 2.04 bits per heavy atom. The lowest BCUT2D eigenvalue weighted by Crippen LogP contribution is -2.28. The molecular weight excluding hydrogens is 353 g/mol. The highest BCUT2D eigenvalue weighted by Gasteiger charge is 2.29. The number of hydrogen-bond donors (Lipinski definition) is 2. The monoisotopic (exact) mass is 373 g/mol. The highest BCUT2D eigenvalue weighted by molar-refractivity contribution is 8.13. The number of amidine groups is 1. The van der Waals surface area contributed by atoms with Crippen LogP contribution in [-0.4, -0.2) is 23.9 Å². The van der Waals surface area contributed by atoms with Crippen LogP contribution in [-0.2, 0) is 5.54 Å². The summed E-state index contributed by atoms with van der Waals surface area (Å²) in [5, 5.41) is 3.27. The second kappa shape index (κ2) is 7.37. The van der Waals surface area contributed by atoms with Crippen molar-refractivity contribution in [2.45, 2.75) is 18.9 Å². The third-order valence-corrected chi connectivity index (χ3v) is 5.17. The predicted molar refractivity (Wildman–Crippen MR) is 103 cm³/mol. The number of halogens is 1. The van der Waals surface area contributed by atoms with Crippen molar-refractivity contribution in [1.29, 1.82) is 0 Å². The fraction of sp³-hybridized carbons (Fsp3) is 0.263. The summed E-state index contributed by atoms with van der Waals surface area (Å²) in [6.45, 7) is 2.04. The molecular formula is C19H20FN3O2S. The Hall–Kier alpha value is -2.54. The number of aliphatic imine (C=N–C) groups is 1. The Bertz CT molecular complexity index is 854. The average Bonchev–Trinajstić information content (AvgIpc) is 2.62. The van der Waals surface area contributed by atoms with Crippen LogP contribution in [0.2, 0.25) is 0 Å². The maximum Gasteiger partial charge on any atom is 0.255 e. The molecule has 7 heteroatoms. The van der Waals surface area contributed by atoms with Gasteiger partial charge in [0, 0.05) is 23.1 Å². The first-order chi connectivity index (χ1) is 12.4. The Balaban J connectivity index is 1.75. The first-order valence-electron chi connectivity index (χ1n) is 8.15. The highest BCUT2D eigenvalue weighted by Crippen LogP contribution is 2.35. The summed E-state index contributed by atoms with van der Waals surface area (Å²) in [6, 6.07) is 11.5. The first-order valence-corrected chi connectivity index (χ1v) is 9.13. The van der Waals surface area contributed by atoms with Gasteiger partial charge in [-0.1, -0.05) is 23.9 Å². The lowest BCUT2D eigenvalue weighted by molar-refractivity contribution is 0.102. The van der Waals surface area contributed by atoms with Crippen LogP contribution in [0, 0.1) is 5.82 Å². The van der Waals surface area contributed by atoms with E-state index in [-0.39, 0.29) is 17.2 Å². The van der Waals surface area contributed by atoms with Crippen LogP contribution in [0.4, 0.5) is 10.1 Å². The van der Waals surface area contributed by atoms with E-state index in [2.05, 4.69) is 10.3 Å². The minimum absolute atomic E-state index is 0.131. The van der Waals surface area contributed by atoms with Crippen LogP contribution >= 0.6 is 11.8 Å². The molecule has 0 fully saturated rings. The Morgan fingerprint density at radius 3 is 2.65 bits per heavy atom. The number of rotatable bonds is 4. The van der Waals surface area contributed by atoms with E-state index in [0.29, 0.717) is 16.4 Å². The minimum atomic E-state index is -0.529. The Labute approximate surface area is 155 Å². The molecule has 0 saturated heterocycles. The molecule has 0 radical (unpaired) electrons. The summed E-state index contributed by atoms with van der Waals surface area (Å²) < 4.78 is 18.6. The Morgan fingerprint density at radius 1 is 1.31 bits per heavy atom. The number of nitrogens with one attached hydrogen (secondary N) is 1. The van der Waals surface area contributed by atoms with Crippen LogP contribution in [0.5, 0.6) is 5.75 Å². The number of carbonyl (C=O) groups is 1. The molecule has 1 unspecified atom stereocenters. The van der Waals surface area contributed by atoms with E-state index in [1.165, 1.54) is 19.2 Å². The van der Waals surface area contributed by atoms with Gasteiger partial charge in [-0.05, 0) is 43.2 Å². The first kappa shape index (κ1) is 18.3. The van der Waals surface area contributed by atoms with Gasteiger partial charge in [0.05, 0.1) is 12.6 Å². The van der Waals surface area contributed by atoms with E-state index in [4.69, 9.17) is 10.5 Å². The van der Waals surface area contributed by atoms with Gasteiger partial charge in [-0.15, -0.1) is 0 Å². The van der Waals surface area contributed by atoms with Crippen molar-refractivity contribution in [3.8, 4) is 5.75 Å². The van der Waals surface area contributed by atoms with Crippen LogP contribution < -0.4 is 15.8 Å². The van der Waals surface area contributed by atoms with E-state index in [9.17, 15) is 9.18 Å². The second-order valence-electron chi connectivity index (χ2n) is 6.20. The molecule has 1 heterocycles. The summed E-state index contributed by atoms with van der Waals surface area (Å²) in [5.41, 5.74) is 7.34. The van der Waals surface area contributed by atoms with E-state index in [0.717, 1.165) is 17.7 Å². The van der Waals surface area contributed by atoms with Gasteiger partial charge in [0.1, 0.15) is 0 Å². The number of thioether (sulfide) groups is 1. The van der Waals surface area contributed by atoms with E-state index in [1.807, 2.05) is 19.1 Å². The SMILES string of the molecule is COc1ccc(NC(=O)c2ccc(C3(C)CCSC(N)=N3)cc2)cc1F. The average molecular weight is 373 g/mol. The molecule has 0 saturated carbocycles. The number of amides is 1. The van der Waals surface area contributed by atoms with Crippen molar-refractivity contribution in [2.75, 3.05) is 18.2 Å². The molecule has 0 aromatic heterocycles. The standard InChI is InChI=1S/C19H20FN3O2S/c1-19(9-10-26-18(21)23-19)13-5-3-12(4-6-13)17(24)22-14-7-8-16(25-2)15(20)11-14/h3-8,11H,9-10H2,1-2H3,(H2,21,23)(H,22,24). The fourth-order valence-corrected chi connectivity index (χ4v) is 3.80. The molecule has 0 aliphatic carbocycles. The maximum absolute atomic E-state index is 13.7. The number of hydrogen-bond acceptors (Lipinski definition) is 5. The number of nitrogens with zero attached hydrogens (tertiary/aromatic N) is 1. The molecule has 1 aliphatic heterocycles. The molecule has 1 amide bonds. The van der Waals surface area contributed by atoms with Crippen molar-refractivity contribution in [1.82, 2.24) is 0 Å². The number of carbonyl (C=O) groups excluding carboxylic acids is 1. The number of anilines is 1. The minimum Gasteiger partial charge on any atom is -0.494 e. The van der Waals surface area contributed by atoms with E-state index < -0.39 is 5.82 Å². The molecule has 0 bridgehead atoms. The van der Waals surface area contributed by atoms with Gasteiger partial charge in [-0.25, -0.2) is 4.39 Å². The predicted octanol–water partition coefficient (Wildman–Crippen LogP) is 3.75. The topological polar surface area (TPSA) is 76.7 Å². The molecule has 1 aliphatic rings. The normalized spacial score (nSPS) is 19.6. The third kappa shape index (κ3) is 3.83. The second-order valence-corrected chi connectivity index (χ2v) is 7.32. The Kier molecular flexibility index (Phi) is 5.18. The summed E-state index contributed by atoms with van der Waals surface area (Å²) >= 11 is 1.55.